The number of nitrogens with zero attached hydrogens (tertiary/aromatic N) is 1. The Morgan fingerprint density at radius 3 is 2.23 bits per heavy atom. The van der Waals surface area contributed by atoms with E-state index < -0.39 is 0 Å². The summed E-state index contributed by atoms with van der Waals surface area (Å²) in [5.41, 5.74) is 8.09. The standard InChI is InChI=1S/C30H28NO.C13H24O2.Ir/c1-18-17-23-25(30(4,5)15-14-29(23,2)3)28-24(18)22-13-16-31-26(27(22)32-28)21-12-8-10-19-9-6-7-11-20(19)21;1-5-10(6-2)12(14)9-13(15)11(7-3)8-4;/h6-11,13,16-17H,14-15H2,1-5H3;9-11,14H,5-8H2,1-4H3;/q-1;;/b;12-9-;. The van der Waals surface area contributed by atoms with Gasteiger partial charge in [0, 0.05) is 66.2 Å². The Kier molecular flexibility index (Phi) is 11.8. The summed E-state index contributed by atoms with van der Waals surface area (Å²) in [7, 11) is 0. The van der Waals surface area contributed by atoms with Crippen LogP contribution in [-0.2, 0) is 35.7 Å². The molecule has 0 bridgehead atoms. The van der Waals surface area contributed by atoms with E-state index in [2.05, 4.69) is 83.1 Å². The Labute approximate surface area is 300 Å². The van der Waals surface area contributed by atoms with E-state index >= 15 is 0 Å². The molecule has 5 aromatic rings. The van der Waals surface area contributed by atoms with Crippen LogP contribution in [0.4, 0.5) is 0 Å². The molecule has 0 amide bonds. The number of allylic oxidation sites excluding steroid dienone is 2. The van der Waals surface area contributed by atoms with Gasteiger partial charge >= 0.3 is 0 Å². The summed E-state index contributed by atoms with van der Waals surface area (Å²) in [5, 5.41) is 14.5. The smallest absolute Gasteiger partial charge is 0.162 e. The fourth-order valence-corrected chi connectivity index (χ4v) is 7.48. The number of aliphatic hydroxyl groups excluding tert-OH is 1. The van der Waals surface area contributed by atoms with Gasteiger partial charge in [-0.25, -0.2) is 0 Å². The van der Waals surface area contributed by atoms with Crippen molar-refractivity contribution in [3.63, 3.8) is 0 Å². The maximum atomic E-state index is 11.7. The van der Waals surface area contributed by atoms with Crippen molar-refractivity contribution in [2.45, 2.75) is 112 Å². The zero-order chi connectivity index (χ0) is 34.1. The van der Waals surface area contributed by atoms with E-state index in [1.54, 1.807) is 0 Å². The number of pyridine rings is 1. The number of hydrogen-bond acceptors (Lipinski definition) is 4. The van der Waals surface area contributed by atoms with Crippen LogP contribution >= 0.6 is 0 Å². The summed E-state index contributed by atoms with van der Waals surface area (Å²) in [6.45, 7) is 19.8. The van der Waals surface area contributed by atoms with E-state index in [0.29, 0.717) is 0 Å². The van der Waals surface area contributed by atoms with Crippen LogP contribution < -0.4 is 0 Å². The van der Waals surface area contributed by atoms with Crippen LogP contribution in [0.2, 0.25) is 0 Å². The fraction of sp³-hybridized carbons (Fsp3) is 0.442. The van der Waals surface area contributed by atoms with Crippen LogP contribution in [0.5, 0.6) is 0 Å². The van der Waals surface area contributed by atoms with E-state index in [1.807, 2.05) is 40.0 Å². The number of aryl methyl sites for hydroxylation is 1. The van der Waals surface area contributed by atoms with Gasteiger partial charge in [-0.05, 0) is 73.5 Å². The minimum Gasteiger partial charge on any atom is -0.512 e. The average Bonchev–Trinajstić information content (AvgIpc) is 3.45. The molecule has 2 aromatic heterocycles. The van der Waals surface area contributed by atoms with Crippen LogP contribution in [0.15, 0.2) is 71.0 Å². The first-order valence-corrected chi connectivity index (χ1v) is 17.6. The van der Waals surface area contributed by atoms with Crippen molar-refractivity contribution in [1.29, 1.82) is 0 Å². The van der Waals surface area contributed by atoms with Gasteiger partial charge in [0.2, 0.25) is 0 Å². The first-order valence-electron chi connectivity index (χ1n) is 17.6. The van der Waals surface area contributed by atoms with Crippen LogP contribution in [0.3, 0.4) is 0 Å². The number of carbonyl (C=O) groups excluding carboxylic acids is 1. The van der Waals surface area contributed by atoms with Crippen molar-refractivity contribution < 1.29 is 34.4 Å². The molecule has 1 aliphatic carbocycles. The van der Waals surface area contributed by atoms with E-state index in [-0.39, 0.29) is 54.3 Å². The quantitative estimate of drug-likeness (QED) is 0.0962. The number of aliphatic hydroxyl groups is 1. The molecule has 2 heterocycles. The first-order chi connectivity index (χ1) is 22.4. The summed E-state index contributed by atoms with van der Waals surface area (Å²) in [4.78, 5) is 16.5. The molecular formula is C43H52IrNO3-. The number of rotatable bonds is 8. The third kappa shape index (κ3) is 7.05. The van der Waals surface area contributed by atoms with Gasteiger partial charge in [-0.15, -0.1) is 29.1 Å². The van der Waals surface area contributed by atoms with Crippen LogP contribution in [-0.4, -0.2) is 15.9 Å². The predicted octanol–water partition coefficient (Wildman–Crippen LogP) is 12.1. The van der Waals surface area contributed by atoms with Crippen LogP contribution in [0.25, 0.3) is 44.0 Å². The largest absolute Gasteiger partial charge is 0.512 e. The number of ketones is 1. The molecule has 0 spiro atoms. The van der Waals surface area contributed by atoms with Gasteiger partial charge in [0.25, 0.3) is 0 Å². The minimum absolute atomic E-state index is 0. The van der Waals surface area contributed by atoms with Gasteiger partial charge < -0.3 is 14.5 Å². The Morgan fingerprint density at radius 2 is 1.56 bits per heavy atom. The molecule has 0 aliphatic heterocycles. The normalized spacial score (nSPS) is 15.4. The molecule has 1 aliphatic rings. The monoisotopic (exact) mass is 823 g/mol. The summed E-state index contributed by atoms with van der Waals surface area (Å²) in [6, 6.07) is 20.5. The van der Waals surface area contributed by atoms with Crippen molar-refractivity contribution in [3.05, 3.63) is 89.3 Å². The van der Waals surface area contributed by atoms with Gasteiger partial charge in [-0.3, -0.25) is 4.79 Å². The molecule has 0 unspecified atom stereocenters. The fourth-order valence-electron chi connectivity index (χ4n) is 7.48. The van der Waals surface area contributed by atoms with E-state index in [4.69, 9.17) is 9.40 Å². The zero-order valence-corrected chi connectivity index (χ0v) is 32.6. The van der Waals surface area contributed by atoms with Gasteiger partial charge in [-0.1, -0.05) is 91.1 Å². The average molecular weight is 823 g/mol. The molecule has 1 radical (unpaired) electrons. The van der Waals surface area contributed by atoms with Crippen molar-refractivity contribution in [2.75, 3.05) is 0 Å². The first kappa shape index (κ1) is 37.5. The maximum Gasteiger partial charge on any atom is 0.162 e. The predicted molar refractivity (Wildman–Crippen MR) is 197 cm³/mol. The molecule has 4 nitrogen and oxygen atoms in total. The summed E-state index contributed by atoms with van der Waals surface area (Å²) >= 11 is 0. The molecule has 6 rings (SSSR count). The number of benzene rings is 3. The second-order valence-corrected chi connectivity index (χ2v) is 14.7. The van der Waals surface area contributed by atoms with E-state index in [0.717, 1.165) is 65.3 Å². The summed E-state index contributed by atoms with van der Waals surface area (Å²) in [6.07, 6.45) is 9.17. The molecule has 257 valence electrons. The topological polar surface area (TPSA) is 63.3 Å². The Hall–Kier alpha value is -3.27. The van der Waals surface area contributed by atoms with Crippen LogP contribution in [0.1, 0.15) is 111 Å². The third-order valence-electron chi connectivity index (χ3n) is 10.7. The zero-order valence-electron chi connectivity index (χ0n) is 30.2. The minimum atomic E-state index is 0. The molecular weight excluding hydrogens is 771 g/mol. The van der Waals surface area contributed by atoms with Crippen LogP contribution in [0, 0.1) is 24.8 Å². The Morgan fingerprint density at radius 1 is 0.917 bits per heavy atom. The van der Waals surface area contributed by atoms with Crippen molar-refractivity contribution in [2.24, 2.45) is 11.8 Å². The van der Waals surface area contributed by atoms with Gasteiger partial charge in [0.05, 0.1) is 5.76 Å². The second kappa shape index (κ2) is 15.1. The van der Waals surface area contributed by atoms with Gasteiger partial charge in [0.15, 0.2) is 5.78 Å². The van der Waals surface area contributed by atoms with Crippen molar-refractivity contribution >= 4 is 38.5 Å². The molecule has 1 N–H and O–H groups in total. The van der Waals surface area contributed by atoms with Gasteiger partial charge in [-0.2, -0.15) is 0 Å². The Bertz CT molecular complexity index is 1930. The molecule has 0 atom stereocenters. The molecule has 0 saturated heterocycles. The third-order valence-corrected chi connectivity index (χ3v) is 10.7. The number of aromatic nitrogens is 1. The van der Waals surface area contributed by atoms with E-state index in [1.165, 1.54) is 40.0 Å². The molecule has 3 aromatic carbocycles. The number of carbonyl (C=O) groups is 1. The maximum absolute atomic E-state index is 11.7. The van der Waals surface area contributed by atoms with Crippen molar-refractivity contribution in [3.8, 4) is 11.3 Å². The Balaban J connectivity index is 0.000000279. The number of hydrogen-bond donors (Lipinski definition) is 1. The van der Waals surface area contributed by atoms with Gasteiger partial charge in [0.1, 0.15) is 11.2 Å². The van der Waals surface area contributed by atoms with Crippen molar-refractivity contribution in [1.82, 2.24) is 4.98 Å². The summed E-state index contributed by atoms with van der Waals surface area (Å²) < 4.78 is 6.81. The molecule has 0 fully saturated rings. The summed E-state index contributed by atoms with van der Waals surface area (Å²) in [5.74, 6) is 0.547. The SMILES string of the molecule is CCC(CC)C(=O)/C=C(\O)C(CC)CC.Cc1cc2c(c3oc4c(-c5[c-]ccc6ccccc56)nccc4c13)C(C)(C)CCC2(C)C.[Ir]. The molecule has 48 heavy (non-hydrogen) atoms. The number of fused-ring (bicyclic) bond motifs is 6. The molecule has 0 saturated carbocycles. The van der Waals surface area contributed by atoms with E-state index in [9.17, 15) is 9.90 Å². The second-order valence-electron chi connectivity index (χ2n) is 14.7. The molecule has 5 heteroatoms. The number of furan rings is 1.